The largest absolute Gasteiger partial charge is 0.402 e. The maximum atomic E-state index is 13.4. The lowest BCUT2D eigenvalue weighted by Crippen LogP contribution is -2.58. The summed E-state index contributed by atoms with van der Waals surface area (Å²) in [4.78, 5) is 0. The topological polar surface area (TPSA) is 55.8 Å². The van der Waals surface area contributed by atoms with E-state index in [0.717, 1.165) is 17.5 Å². The van der Waals surface area contributed by atoms with Crippen LogP contribution in [-0.4, -0.2) is 45.6 Å². The van der Waals surface area contributed by atoms with Crippen molar-refractivity contribution in [1.82, 2.24) is 4.31 Å². The second-order valence-corrected chi connectivity index (χ2v) is 17.5. The van der Waals surface area contributed by atoms with Crippen molar-refractivity contribution in [2.45, 2.75) is 69.8 Å². The summed E-state index contributed by atoms with van der Waals surface area (Å²) in [5.74, 6) is 0. The third-order valence-corrected chi connectivity index (χ3v) is 13.6. The Morgan fingerprint density at radius 2 is 1.53 bits per heavy atom. The molecule has 1 fully saturated rings. The highest BCUT2D eigenvalue weighted by Gasteiger charge is 2.55. The zero-order chi connectivity index (χ0) is 25.0. The predicted octanol–water partition coefficient (Wildman–Crippen LogP) is 6.46. The predicted molar refractivity (Wildman–Crippen MR) is 145 cm³/mol. The van der Waals surface area contributed by atoms with Crippen molar-refractivity contribution in [2.75, 3.05) is 18.5 Å². The minimum Gasteiger partial charge on any atom is -0.402 e. The van der Waals surface area contributed by atoms with E-state index >= 15 is 0 Å². The van der Waals surface area contributed by atoms with Crippen LogP contribution in [0.5, 0.6) is 0 Å². The molecule has 188 valence electrons. The quantitative estimate of drug-likeness (QED) is 0.188. The second-order valence-electron chi connectivity index (χ2n) is 10.4. The van der Waals surface area contributed by atoms with Crippen molar-refractivity contribution in [3.63, 3.8) is 0 Å². The first-order chi connectivity index (χ1) is 16.0. The van der Waals surface area contributed by atoms with Gasteiger partial charge in [-0.3, -0.25) is 4.18 Å². The van der Waals surface area contributed by atoms with Gasteiger partial charge in [-0.25, -0.2) is 0 Å². The highest BCUT2D eigenvalue weighted by atomic mass is 79.9. The molecule has 0 aromatic heterocycles. The molecule has 2 aromatic carbocycles. The second kappa shape index (κ2) is 10.9. The SMILES string of the molecule is CC(C)(C)[Si](C)(C)OC(c1ccccc1)(c1ccccc1)[C@H]1CCCN1S(=O)(=O)OCCCBr. The van der Waals surface area contributed by atoms with Crippen LogP contribution in [0.15, 0.2) is 60.7 Å². The summed E-state index contributed by atoms with van der Waals surface area (Å²) >= 11 is 3.35. The van der Waals surface area contributed by atoms with Crippen molar-refractivity contribution in [3.05, 3.63) is 71.8 Å². The molecule has 1 atom stereocenters. The van der Waals surface area contributed by atoms with Gasteiger partial charge in [0.25, 0.3) is 0 Å². The third-order valence-electron chi connectivity index (χ3n) is 7.10. The number of alkyl halides is 1. The van der Waals surface area contributed by atoms with Crippen LogP contribution in [0.25, 0.3) is 0 Å². The molecule has 1 aliphatic heterocycles. The van der Waals surface area contributed by atoms with E-state index in [-0.39, 0.29) is 11.6 Å². The van der Waals surface area contributed by atoms with Crippen LogP contribution in [0, 0.1) is 0 Å². The molecule has 0 unspecified atom stereocenters. The summed E-state index contributed by atoms with van der Waals surface area (Å²) in [6.45, 7) is 11.7. The Labute approximate surface area is 215 Å². The van der Waals surface area contributed by atoms with Gasteiger partial charge in [0.15, 0.2) is 8.32 Å². The van der Waals surface area contributed by atoms with Crippen molar-refractivity contribution in [3.8, 4) is 0 Å². The van der Waals surface area contributed by atoms with Gasteiger partial charge >= 0.3 is 10.3 Å². The van der Waals surface area contributed by atoms with Crippen molar-refractivity contribution in [1.29, 1.82) is 0 Å². The Morgan fingerprint density at radius 3 is 2.00 bits per heavy atom. The normalized spacial score (nSPS) is 18.4. The summed E-state index contributed by atoms with van der Waals surface area (Å²) in [7, 11) is -6.29. The monoisotopic (exact) mass is 567 g/mol. The van der Waals surface area contributed by atoms with Crippen LogP contribution in [0.3, 0.4) is 0 Å². The molecule has 5 nitrogen and oxygen atoms in total. The van der Waals surface area contributed by atoms with Gasteiger partial charge < -0.3 is 4.43 Å². The van der Waals surface area contributed by atoms with Crippen LogP contribution in [0.1, 0.15) is 51.2 Å². The molecular formula is C26H38BrNO4SSi. The molecule has 0 N–H and O–H groups in total. The fourth-order valence-corrected chi connectivity index (χ4v) is 7.46. The molecule has 3 rings (SSSR count). The highest BCUT2D eigenvalue weighted by Crippen LogP contribution is 2.50. The average molecular weight is 569 g/mol. The lowest BCUT2D eigenvalue weighted by molar-refractivity contribution is 0.0285. The summed E-state index contributed by atoms with van der Waals surface area (Å²) in [5, 5.41) is 0.634. The number of hydrogen-bond acceptors (Lipinski definition) is 4. The fraction of sp³-hybridized carbons (Fsp3) is 0.538. The molecule has 0 amide bonds. The first-order valence-corrected chi connectivity index (χ1v) is 17.4. The van der Waals surface area contributed by atoms with Crippen LogP contribution in [0.4, 0.5) is 0 Å². The maximum Gasteiger partial charge on any atom is 0.338 e. The van der Waals surface area contributed by atoms with E-state index in [1.54, 1.807) is 4.31 Å². The number of nitrogens with zero attached hydrogens (tertiary/aromatic N) is 1. The van der Waals surface area contributed by atoms with E-state index in [1.807, 2.05) is 36.4 Å². The zero-order valence-electron chi connectivity index (χ0n) is 21.0. The standard InChI is InChI=1S/C26H38BrNO4SSi/c1-25(2,3)34(4,5)32-26(22-14-8-6-9-15-22,23-16-10-7-11-17-23)24-18-12-20-28(24)33(29,30)31-21-13-19-27/h6-11,14-17,24H,12-13,18-21H2,1-5H3/t24-/m1/s1. The van der Waals surface area contributed by atoms with E-state index in [0.29, 0.717) is 24.7 Å². The molecule has 1 saturated heterocycles. The van der Waals surface area contributed by atoms with E-state index in [1.165, 1.54) is 0 Å². The van der Waals surface area contributed by atoms with Crippen LogP contribution in [0.2, 0.25) is 18.1 Å². The Hall–Kier alpha value is -1.03. The minimum absolute atomic E-state index is 0.0590. The highest BCUT2D eigenvalue weighted by molar-refractivity contribution is 9.09. The maximum absolute atomic E-state index is 13.4. The molecular weight excluding hydrogens is 530 g/mol. The van der Waals surface area contributed by atoms with Crippen molar-refractivity contribution < 1.29 is 17.0 Å². The molecule has 8 heteroatoms. The molecule has 34 heavy (non-hydrogen) atoms. The molecule has 0 saturated carbocycles. The summed E-state index contributed by atoms with van der Waals surface area (Å²) < 4.78 is 41.3. The van der Waals surface area contributed by atoms with E-state index in [2.05, 4.69) is 74.1 Å². The van der Waals surface area contributed by atoms with Gasteiger partial charge in [0, 0.05) is 11.9 Å². The fourth-order valence-electron chi connectivity index (χ4n) is 4.36. The smallest absolute Gasteiger partial charge is 0.338 e. The van der Waals surface area contributed by atoms with E-state index < -0.39 is 30.3 Å². The first kappa shape index (κ1) is 27.6. The van der Waals surface area contributed by atoms with Crippen LogP contribution in [-0.2, 0) is 24.5 Å². The Bertz CT molecular complexity index is 986. The molecule has 0 aliphatic carbocycles. The van der Waals surface area contributed by atoms with Gasteiger partial charge in [-0.2, -0.15) is 12.7 Å². The van der Waals surface area contributed by atoms with Gasteiger partial charge in [-0.15, -0.1) is 0 Å². The van der Waals surface area contributed by atoms with Gasteiger partial charge in [0.1, 0.15) is 5.60 Å². The van der Waals surface area contributed by atoms with Crippen molar-refractivity contribution >= 4 is 34.6 Å². The average Bonchev–Trinajstić information content (AvgIpc) is 3.29. The lowest BCUT2D eigenvalue weighted by Gasteiger charge is -2.50. The molecule has 2 aromatic rings. The molecule has 1 heterocycles. The molecule has 0 bridgehead atoms. The Morgan fingerprint density at radius 1 is 1.00 bits per heavy atom. The molecule has 0 spiro atoms. The summed E-state index contributed by atoms with van der Waals surface area (Å²) in [6, 6.07) is 19.8. The number of rotatable bonds is 10. The number of benzene rings is 2. The van der Waals surface area contributed by atoms with E-state index in [4.69, 9.17) is 8.61 Å². The van der Waals surface area contributed by atoms with Crippen LogP contribution >= 0.6 is 15.9 Å². The number of hydrogen-bond donors (Lipinski definition) is 0. The summed E-state index contributed by atoms with van der Waals surface area (Å²) in [5.41, 5.74) is 0.991. The zero-order valence-corrected chi connectivity index (χ0v) is 24.4. The van der Waals surface area contributed by atoms with E-state index in [9.17, 15) is 8.42 Å². The first-order valence-electron chi connectivity index (χ1n) is 12.0. The van der Waals surface area contributed by atoms with Gasteiger partial charge in [-0.05, 0) is 48.5 Å². The van der Waals surface area contributed by atoms with Crippen LogP contribution < -0.4 is 0 Å². The van der Waals surface area contributed by atoms with Crippen molar-refractivity contribution in [2.24, 2.45) is 0 Å². The Kier molecular flexibility index (Phi) is 8.85. The minimum atomic E-state index is -3.92. The molecule has 0 radical (unpaired) electrons. The van der Waals surface area contributed by atoms with Gasteiger partial charge in [-0.1, -0.05) is 97.4 Å². The third kappa shape index (κ3) is 5.68. The van der Waals surface area contributed by atoms with Gasteiger partial charge in [0.2, 0.25) is 0 Å². The van der Waals surface area contributed by atoms with Gasteiger partial charge in [0.05, 0.1) is 12.6 Å². The molecule has 1 aliphatic rings. The summed E-state index contributed by atoms with van der Waals surface area (Å²) in [6.07, 6.45) is 2.08. The Balaban J connectivity index is 2.24. The lowest BCUT2D eigenvalue weighted by atomic mass is 9.79. The number of halogens is 1.